The smallest absolute Gasteiger partial charge is 0.257 e. The van der Waals surface area contributed by atoms with Gasteiger partial charge in [0, 0.05) is 12.1 Å². The van der Waals surface area contributed by atoms with Crippen LogP contribution in [0.3, 0.4) is 0 Å². The van der Waals surface area contributed by atoms with Crippen molar-refractivity contribution in [3.05, 3.63) is 53.6 Å². The Morgan fingerprint density at radius 3 is 2.23 bits per heavy atom. The molecule has 0 unspecified atom stereocenters. The second-order valence-corrected chi connectivity index (χ2v) is 9.18. The maximum atomic E-state index is 12.9. The zero-order chi connectivity index (χ0) is 25.0. The Morgan fingerprint density at radius 1 is 0.943 bits per heavy atom. The molecule has 1 heterocycles. The minimum absolute atomic E-state index is 0.110. The SMILES string of the molecule is CCOc1cc(C(=O)Nc2nnc(SCC(=O)NCc3ccccc3)s2)cc(OCC)c1OCC. The molecule has 0 fully saturated rings. The Kier molecular flexibility index (Phi) is 10.2. The van der Waals surface area contributed by atoms with Crippen LogP contribution >= 0.6 is 23.1 Å². The average molecular weight is 517 g/mol. The van der Waals surface area contributed by atoms with Crippen molar-refractivity contribution in [1.29, 1.82) is 0 Å². The zero-order valence-electron chi connectivity index (χ0n) is 19.8. The monoisotopic (exact) mass is 516 g/mol. The fourth-order valence-electron chi connectivity index (χ4n) is 2.98. The van der Waals surface area contributed by atoms with E-state index in [-0.39, 0.29) is 17.6 Å². The van der Waals surface area contributed by atoms with Crippen molar-refractivity contribution >= 4 is 40.0 Å². The highest BCUT2D eigenvalue weighted by Gasteiger charge is 2.19. The second kappa shape index (κ2) is 13.5. The highest BCUT2D eigenvalue weighted by molar-refractivity contribution is 8.01. The number of nitrogens with one attached hydrogen (secondary N) is 2. The fourth-order valence-corrected chi connectivity index (χ4v) is 4.56. The van der Waals surface area contributed by atoms with Crippen molar-refractivity contribution in [3.63, 3.8) is 0 Å². The minimum Gasteiger partial charge on any atom is -0.490 e. The second-order valence-electron chi connectivity index (χ2n) is 6.98. The molecule has 0 aliphatic carbocycles. The van der Waals surface area contributed by atoms with Crippen LogP contribution in [0, 0.1) is 0 Å². The number of hydrogen-bond donors (Lipinski definition) is 2. The van der Waals surface area contributed by atoms with Gasteiger partial charge in [0.05, 0.1) is 25.6 Å². The average Bonchev–Trinajstić information content (AvgIpc) is 3.31. The molecule has 186 valence electrons. The Hall–Kier alpha value is -3.31. The van der Waals surface area contributed by atoms with E-state index in [2.05, 4.69) is 20.8 Å². The van der Waals surface area contributed by atoms with Crippen LogP contribution in [-0.4, -0.2) is 47.6 Å². The summed E-state index contributed by atoms with van der Waals surface area (Å²) in [4.78, 5) is 25.0. The molecule has 0 aliphatic heterocycles. The van der Waals surface area contributed by atoms with Gasteiger partial charge in [0.2, 0.25) is 16.8 Å². The standard InChI is InChI=1S/C24H28N4O5S2/c1-4-31-18-12-17(13-19(32-5-2)21(18)33-6-3)22(30)26-23-27-28-24(35-23)34-15-20(29)25-14-16-10-8-7-9-11-16/h7-13H,4-6,14-15H2,1-3H3,(H,25,29)(H,26,27,30). The lowest BCUT2D eigenvalue weighted by Gasteiger charge is -2.16. The molecule has 0 aliphatic rings. The summed E-state index contributed by atoms with van der Waals surface area (Å²) in [6.07, 6.45) is 0. The van der Waals surface area contributed by atoms with Gasteiger partial charge in [-0.2, -0.15) is 0 Å². The molecule has 0 radical (unpaired) electrons. The van der Waals surface area contributed by atoms with Crippen LogP contribution in [0.1, 0.15) is 36.7 Å². The first-order chi connectivity index (χ1) is 17.0. The van der Waals surface area contributed by atoms with Gasteiger partial charge in [-0.25, -0.2) is 0 Å². The molecule has 0 spiro atoms. The van der Waals surface area contributed by atoms with E-state index in [1.54, 1.807) is 12.1 Å². The normalized spacial score (nSPS) is 10.5. The first-order valence-corrected chi connectivity index (χ1v) is 13.0. The number of hydrogen-bond acceptors (Lipinski definition) is 9. The van der Waals surface area contributed by atoms with Gasteiger partial charge in [-0.3, -0.25) is 14.9 Å². The third-order valence-corrected chi connectivity index (χ3v) is 6.43. The lowest BCUT2D eigenvalue weighted by atomic mass is 10.1. The van der Waals surface area contributed by atoms with Crippen molar-refractivity contribution in [2.45, 2.75) is 31.7 Å². The summed E-state index contributed by atoms with van der Waals surface area (Å²) in [5.74, 6) is 1.03. The zero-order valence-corrected chi connectivity index (χ0v) is 21.5. The number of nitrogens with zero attached hydrogens (tertiary/aromatic N) is 2. The van der Waals surface area contributed by atoms with Crippen molar-refractivity contribution in [2.75, 3.05) is 30.9 Å². The van der Waals surface area contributed by atoms with Crippen LogP contribution in [0.4, 0.5) is 5.13 Å². The number of rotatable bonds is 13. The van der Waals surface area contributed by atoms with Gasteiger partial charge >= 0.3 is 0 Å². The third-order valence-electron chi connectivity index (χ3n) is 4.46. The van der Waals surface area contributed by atoms with Gasteiger partial charge < -0.3 is 19.5 Å². The van der Waals surface area contributed by atoms with Crippen LogP contribution in [0.25, 0.3) is 0 Å². The van der Waals surface area contributed by atoms with E-state index in [9.17, 15) is 9.59 Å². The molecule has 35 heavy (non-hydrogen) atoms. The third kappa shape index (κ3) is 7.86. The Bertz CT molecular complexity index is 1100. The number of benzene rings is 2. The van der Waals surface area contributed by atoms with E-state index in [1.807, 2.05) is 51.1 Å². The predicted octanol–water partition coefficient (Wildman–Crippen LogP) is 4.40. The number of thioether (sulfide) groups is 1. The molecule has 1 aromatic heterocycles. The van der Waals surface area contributed by atoms with Crippen LogP contribution in [0.2, 0.25) is 0 Å². The molecule has 2 amide bonds. The molecule has 3 aromatic rings. The molecular formula is C24H28N4O5S2. The Morgan fingerprint density at radius 2 is 1.60 bits per heavy atom. The van der Waals surface area contributed by atoms with E-state index in [0.29, 0.717) is 58.6 Å². The van der Waals surface area contributed by atoms with Crippen LogP contribution in [-0.2, 0) is 11.3 Å². The number of ether oxygens (including phenoxy) is 3. The predicted molar refractivity (Wildman–Crippen MR) is 137 cm³/mol. The largest absolute Gasteiger partial charge is 0.490 e. The summed E-state index contributed by atoms with van der Waals surface area (Å²) in [6.45, 7) is 7.29. The first kappa shape index (κ1) is 26.3. The minimum atomic E-state index is -0.386. The van der Waals surface area contributed by atoms with Crippen LogP contribution in [0.15, 0.2) is 46.8 Å². The molecule has 3 rings (SSSR count). The first-order valence-electron chi connectivity index (χ1n) is 11.2. The van der Waals surface area contributed by atoms with E-state index in [1.165, 1.54) is 23.1 Å². The van der Waals surface area contributed by atoms with Crippen molar-refractivity contribution in [3.8, 4) is 17.2 Å². The van der Waals surface area contributed by atoms with Crippen LogP contribution < -0.4 is 24.8 Å². The summed E-state index contributed by atoms with van der Waals surface area (Å²) in [5.41, 5.74) is 1.37. The van der Waals surface area contributed by atoms with Gasteiger partial charge in [0.1, 0.15) is 0 Å². The molecule has 2 N–H and O–H groups in total. The van der Waals surface area contributed by atoms with Crippen LogP contribution in [0.5, 0.6) is 17.2 Å². The van der Waals surface area contributed by atoms with Gasteiger partial charge in [0.25, 0.3) is 5.91 Å². The lowest BCUT2D eigenvalue weighted by molar-refractivity contribution is -0.118. The van der Waals surface area contributed by atoms with E-state index < -0.39 is 0 Å². The number of amides is 2. The number of anilines is 1. The molecule has 11 heteroatoms. The molecule has 0 bridgehead atoms. The highest BCUT2D eigenvalue weighted by atomic mass is 32.2. The summed E-state index contributed by atoms with van der Waals surface area (Å²) >= 11 is 2.45. The summed E-state index contributed by atoms with van der Waals surface area (Å²) in [5, 5.41) is 14.0. The maximum absolute atomic E-state index is 12.9. The lowest BCUT2D eigenvalue weighted by Crippen LogP contribution is -2.24. The molecule has 0 atom stereocenters. The van der Waals surface area contributed by atoms with E-state index >= 15 is 0 Å². The molecule has 9 nitrogen and oxygen atoms in total. The topological polar surface area (TPSA) is 112 Å². The Balaban J connectivity index is 1.60. The van der Waals surface area contributed by atoms with Crippen molar-refractivity contribution < 1.29 is 23.8 Å². The quantitative estimate of drug-likeness (QED) is 0.254. The van der Waals surface area contributed by atoms with E-state index in [0.717, 1.165) is 5.56 Å². The maximum Gasteiger partial charge on any atom is 0.257 e. The number of carbonyl (C=O) groups is 2. The number of carbonyl (C=O) groups excluding carboxylic acids is 2. The number of aromatic nitrogens is 2. The van der Waals surface area contributed by atoms with E-state index in [4.69, 9.17) is 14.2 Å². The summed E-state index contributed by atoms with van der Waals surface area (Å²) in [6, 6.07) is 12.9. The van der Waals surface area contributed by atoms with Gasteiger partial charge in [0.15, 0.2) is 15.8 Å². The molecular weight excluding hydrogens is 488 g/mol. The molecule has 0 saturated carbocycles. The van der Waals surface area contributed by atoms with Gasteiger partial charge in [-0.1, -0.05) is 53.4 Å². The summed E-state index contributed by atoms with van der Waals surface area (Å²) in [7, 11) is 0. The van der Waals surface area contributed by atoms with Crippen molar-refractivity contribution in [2.24, 2.45) is 0 Å². The summed E-state index contributed by atoms with van der Waals surface area (Å²) < 4.78 is 17.6. The van der Waals surface area contributed by atoms with Crippen molar-refractivity contribution in [1.82, 2.24) is 15.5 Å². The fraction of sp³-hybridized carbons (Fsp3) is 0.333. The van der Waals surface area contributed by atoms with Gasteiger partial charge in [-0.05, 0) is 38.5 Å². The van der Waals surface area contributed by atoms with Gasteiger partial charge in [-0.15, -0.1) is 10.2 Å². The molecule has 2 aromatic carbocycles. The molecule has 0 saturated heterocycles. The Labute approximate surface area is 212 Å². The highest BCUT2D eigenvalue weighted by Crippen LogP contribution is 2.39.